The molecular formula is C15H16ClIN2. The van der Waals surface area contributed by atoms with Gasteiger partial charge in [0.25, 0.3) is 0 Å². The monoisotopic (exact) mass is 386 g/mol. The highest BCUT2D eigenvalue weighted by Gasteiger charge is 2.14. The molecule has 100 valence electrons. The van der Waals surface area contributed by atoms with Crippen LogP contribution in [0.15, 0.2) is 18.2 Å². The Morgan fingerprint density at radius 2 is 1.63 bits per heavy atom. The lowest BCUT2D eigenvalue weighted by atomic mass is 10.1. The molecule has 0 atom stereocenters. The lowest BCUT2D eigenvalue weighted by molar-refractivity contribution is 0.808. The van der Waals surface area contributed by atoms with Crippen LogP contribution < -0.4 is 0 Å². The van der Waals surface area contributed by atoms with Crippen LogP contribution in [0.2, 0.25) is 5.15 Å². The molecule has 4 heteroatoms. The van der Waals surface area contributed by atoms with Crippen molar-refractivity contribution in [1.82, 2.24) is 9.97 Å². The summed E-state index contributed by atoms with van der Waals surface area (Å²) in [6, 6.07) is 6.33. The fourth-order valence-corrected chi connectivity index (χ4v) is 3.09. The van der Waals surface area contributed by atoms with E-state index >= 15 is 0 Å². The van der Waals surface area contributed by atoms with E-state index in [4.69, 9.17) is 11.6 Å². The van der Waals surface area contributed by atoms with Crippen molar-refractivity contribution in [2.45, 2.75) is 33.6 Å². The van der Waals surface area contributed by atoms with E-state index in [1.807, 2.05) is 0 Å². The van der Waals surface area contributed by atoms with Crippen LogP contribution in [-0.4, -0.2) is 9.97 Å². The van der Waals surface area contributed by atoms with Gasteiger partial charge in [-0.25, -0.2) is 9.97 Å². The van der Waals surface area contributed by atoms with E-state index in [1.54, 1.807) is 0 Å². The van der Waals surface area contributed by atoms with Gasteiger partial charge in [-0.05, 0) is 54.5 Å². The lowest BCUT2D eigenvalue weighted by Crippen LogP contribution is -2.02. The van der Waals surface area contributed by atoms with Gasteiger partial charge in [-0.15, -0.1) is 0 Å². The topological polar surface area (TPSA) is 25.8 Å². The molecule has 0 aliphatic rings. The Morgan fingerprint density at radius 3 is 2.16 bits per heavy atom. The Balaban J connectivity index is 2.62. The first-order chi connectivity index (χ1) is 8.88. The van der Waals surface area contributed by atoms with Gasteiger partial charge < -0.3 is 0 Å². The molecule has 0 aliphatic heterocycles. The summed E-state index contributed by atoms with van der Waals surface area (Å²) >= 11 is 8.45. The van der Waals surface area contributed by atoms with Crippen LogP contribution in [-0.2, 0) is 0 Å². The summed E-state index contributed by atoms with van der Waals surface area (Å²) in [5, 5.41) is 0.536. The van der Waals surface area contributed by atoms with E-state index in [1.165, 1.54) is 11.1 Å². The highest BCUT2D eigenvalue weighted by atomic mass is 127. The third kappa shape index (κ3) is 3.26. The lowest BCUT2D eigenvalue weighted by Gasteiger charge is -2.11. The number of nitrogens with zero attached hydrogens (tertiary/aromatic N) is 2. The minimum atomic E-state index is 0.331. The first-order valence-corrected chi connectivity index (χ1v) is 7.65. The Hall–Kier alpha value is -0.680. The molecule has 1 aromatic carbocycles. The number of aryl methyl sites for hydroxylation is 2. The van der Waals surface area contributed by atoms with Crippen LogP contribution in [0.25, 0.3) is 11.4 Å². The summed E-state index contributed by atoms with van der Waals surface area (Å²) in [5.74, 6) is 1.04. The number of benzene rings is 1. The van der Waals surface area contributed by atoms with Gasteiger partial charge >= 0.3 is 0 Å². The molecule has 2 rings (SSSR count). The highest BCUT2D eigenvalue weighted by molar-refractivity contribution is 14.1. The van der Waals surface area contributed by atoms with Crippen molar-refractivity contribution < 1.29 is 0 Å². The maximum absolute atomic E-state index is 6.23. The minimum absolute atomic E-state index is 0.331. The van der Waals surface area contributed by atoms with Gasteiger partial charge in [-0.2, -0.15) is 0 Å². The summed E-state index contributed by atoms with van der Waals surface area (Å²) in [5.41, 5.74) is 4.45. The molecule has 2 nitrogen and oxygen atoms in total. The van der Waals surface area contributed by atoms with Crippen molar-refractivity contribution in [3.63, 3.8) is 0 Å². The largest absolute Gasteiger partial charge is 0.232 e. The molecule has 0 spiro atoms. The molecule has 0 amide bonds. The summed E-state index contributed by atoms with van der Waals surface area (Å²) in [4.78, 5) is 9.10. The Morgan fingerprint density at radius 1 is 1.05 bits per heavy atom. The number of rotatable bonds is 2. The SMILES string of the molecule is Cc1cc(C)cc(-c2nc(Cl)c(I)c(C(C)C)n2)c1. The molecule has 0 saturated carbocycles. The summed E-state index contributed by atoms with van der Waals surface area (Å²) < 4.78 is 0.947. The van der Waals surface area contributed by atoms with Crippen LogP contribution in [0.3, 0.4) is 0 Å². The average molecular weight is 387 g/mol. The molecule has 0 radical (unpaired) electrons. The standard InChI is InChI=1S/C15H16ClIN2/c1-8(2)13-12(17)14(16)19-15(18-13)11-6-9(3)5-10(4)7-11/h5-8H,1-4H3. The van der Waals surface area contributed by atoms with Crippen molar-refractivity contribution in [3.05, 3.63) is 43.7 Å². The summed E-state index contributed by atoms with van der Waals surface area (Å²) in [6.07, 6.45) is 0. The minimum Gasteiger partial charge on any atom is -0.232 e. The van der Waals surface area contributed by atoms with Crippen LogP contribution >= 0.6 is 34.2 Å². The van der Waals surface area contributed by atoms with Crippen molar-refractivity contribution in [2.75, 3.05) is 0 Å². The molecule has 0 saturated heterocycles. The third-order valence-corrected chi connectivity index (χ3v) is 4.52. The van der Waals surface area contributed by atoms with Gasteiger partial charge in [0.2, 0.25) is 0 Å². The van der Waals surface area contributed by atoms with Gasteiger partial charge in [-0.1, -0.05) is 42.6 Å². The zero-order valence-corrected chi connectivity index (χ0v) is 14.4. The van der Waals surface area contributed by atoms with Crippen LogP contribution in [0.4, 0.5) is 0 Å². The molecule has 2 aromatic rings. The normalized spacial score (nSPS) is 11.1. The van der Waals surface area contributed by atoms with Crippen LogP contribution in [0, 0.1) is 17.4 Å². The number of hydrogen-bond donors (Lipinski definition) is 0. The Labute approximate surface area is 132 Å². The quantitative estimate of drug-likeness (QED) is 0.527. The van der Waals surface area contributed by atoms with E-state index in [9.17, 15) is 0 Å². The highest BCUT2D eigenvalue weighted by Crippen LogP contribution is 2.28. The van der Waals surface area contributed by atoms with Gasteiger partial charge in [0.1, 0.15) is 5.15 Å². The van der Waals surface area contributed by atoms with E-state index in [-0.39, 0.29) is 0 Å². The van der Waals surface area contributed by atoms with E-state index in [0.717, 1.165) is 14.8 Å². The second kappa shape index (κ2) is 5.75. The maximum Gasteiger partial charge on any atom is 0.161 e. The molecule has 1 aromatic heterocycles. The van der Waals surface area contributed by atoms with Gasteiger partial charge in [0, 0.05) is 5.56 Å². The van der Waals surface area contributed by atoms with Gasteiger partial charge in [-0.3, -0.25) is 0 Å². The average Bonchev–Trinajstić information content (AvgIpc) is 2.30. The number of aromatic nitrogens is 2. The van der Waals surface area contributed by atoms with Crippen molar-refractivity contribution in [3.8, 4) is 11.4 Å². The molecule has 0 aliphatic carbocycles. The smallest absolute Gasteiger partial charge is 0.161 e. The van der Waals surface area contributed by atoms with Gasteiger partial charge in [0.15, 0.2) is 5.82 Å². The zero-order valence-electron chi connectivity index (χ0n) is 11.5. The fraction of sp³-hybridized carbons (Fsp3) is 0.333. The second-order valence-electron chi connectivity index (χ2n) is 5.07. The van der Waals surface area contributed by atoms with Crippen LogP contribution in [0.5, 0.6) is 0 Å². The van der Waals surface area contributed by atoms with Crippen molar-refractivity contribution in [1.29, 1.82) is 0 Å². The predicted octanol–water partition coefficient (Wildman–Crippen LogP) is 5.14. The molecule has 0 fully saturated rings. The molecule has 19 heavy (non-hydrogen) atoms. The number of halogens is 2. The summed E-state index contributed by atoms with van der Waals surface area (Å²) in [7, 11) is 0. The molecule has 0 N–H and O–H groups in total. The second-order valence-corrected chi connectivity index (χ2v) is 6.51. The summed E-state index contributed by atoms with van der Waals surface area (Å²) in [6.45, 7) is 8.39. The van der Waals surface area contributed by atoms with E-state index in [0.29, 0.717) is 16.9 Å². The molecule has 1 heterocycles. The third-order valence-electron chi connectivity index (χ3n) is 2.86. The van der Waals surface area contributed by atoms with Crippen LogP contribution in [0.1, 0.15) is 36.6 Å². The maximum atomic E-state index is 6.23. The van der Waals surface area contributed by atoms with E-state index < -0.39 is 0 Å². The number of hydrogen-bond acceptors (Lipinski definition) is 2. The zero-order chi connectivity index (χ0) is 14.2. The van der Waals surface area contributed by atoms with Crippen molar-refractivity contribution >= 4 is 34.2 Å². The first kappa shape index (κ1) is 14.7. The Kier molecular flexibility index (Phi) is 4.46. The van der Waals surface area contributed by atoms with E-state index in [2.05, 4.69) is 78.5 Å². The molecule has 0 unspecified atom stereocenters. The Bertz CT molecular complexity index is 604. The van der Waals surface area contributed by atoms with Gasteiger partial charge in [0.05, 0.1) is 9.26 Å². The van der Waals surface area contributed by atoms with Crippen molar-refractivity contribution in [2.24, 2.45) is 0 Å². The molecule has 0 bridgehead atoms. The fourth-order valence-electron chi connectivity index (χ4n) is 2.05. The predicted molar refractivity (Wildman–Crippen MR) is 88.8 cm³/mol. The molecular weight excluding hydrogens is 371 g/mol. The first-order valence-electron chi connectivity index (χ1n) is 6.20.